The first-order chi connectivity index (χ1) is 11.6. The van der Waals surface area contributed by atoms with Gasteiger partial charge in [0.05, 0.1) is 6.04 Å². The van der Waals surface area contributed by atoms with Gasteiger partial charge >= 0.3 is 0 Å². The van der Waals surface area contributed by atoms with Gasteiger partial charge in [0.15, 0.2) is 0 Å². The lowest BCUT2D eigenvalue weighted by Gasteiger charge is -2.40. The third kappa shape index (κ3) is 4.25. The van der Waals surface area contributed by atoms with Crippen molar-refractivity contribution in [2.45, 2.75) is 18.9 Å². The number of amides is 1. The maximum atomic E-state index is 12.8. The summed E-state index contributed by atoms with van der Waals surface area (Å²) in [7, 11) is 2.12. The molecule has 2 aromatic carbocycles. The predicted octanol–water partition coefficient (Wildman–Crippen LogP) is 3.90. The number of carbonyl (C=O) groups is 1. The molecule has 1 amide bonds. The molecule has 1 aliphatic rings. The second-order valence-corrected chi connectivity index (χ2v) is 7.32. The fourth-order valence-electron chi connectivity index (χ4n) is 3.27. The summed E-state index contributed by atoms with van der Waals surface area (Å²) in [5.74, 6) is 0.247. The lowest BCUT2D eigenvalue weighted by Crippen LogP contribution is -2.49. The molecule has 1 heterocycles. The number of carbonyl (C=O) groups excluding carboxylic acids is 1. The number of halogens is 1. The number of hydrogen-bond donors (Lipinski definition) is 0. The number of hydrogen-bond acceptors (Lipinski definition) is 2. The van der Waals surface area contributed by atoms with Crippen molar-refractivity contribution in [3.8, 4) is 0 Å². The Morgan fingerprint density at radius 2 is 1.92 bits per heavy atom. The zero-order chi connectivity index (χ0) is 16.9. The first-order valence-electron chi connectivity index (χ1n) is 8.41. The first kappa shape index (κ1) is 17.2. The lowest BCUT2D eigenvalue weighted by atomic mass is 10.0. The van der Waals surface area contributed by atoms with Crippen molar-refractivity contribution in [3.05, 3.63) is 70.2 Å². The lowest BCUT2D eigenvalue weighted by molar-refractivity contribution is -0.136. The van der Waals surface area contributed by atoms with E-state index in [2.05, 4.69) is 57.0 Å². The Morgan fingerprint density at radius 3 is 2.67 bits per heavy atom. The number of piperazine rings is 1. The van der Waals surface area contributed by atoms with E-state index in [9.17, 15) is 4.79 Å². The second-order valence-electron chi connectivity index (χ2n) is 6.41. The van der Waals surface area contributed by atoms with Gasteiger partial charge < -0.3 is 9.80 Å². The minimum atomic E-state index is 0.153. The Labute approximate surface area is 152 Å². The quantitative estimate of drug-likeness (QED) is 0.795. The maximum Gasteiger partial charge on any atom is 0.223 e. The summed E-state index contributed by atoms with van der Waals surface area (Å²) < 4.78 is 1.06. The molecule has 0 aliphatic carbocycles. The normalized spacial score (nSPS) is 18.6. The molecule has 0 bridgehead atoms. The molecule has 0 aromatic heterocycles. The van der Waals surface area contributed by atoms with Crippen LogP contribution >= 0.6 is 15.9 Å². The third-order valence-corrected chi connectivity index (χ3v) is 5.10. The molecular formula is C20H23BrN2O. The van der Waals surface area contributed by atoms with Crippen molar-refractivity contribution < 1.29 is 4.79 Å². The number of likely N-dealkylation sites (N-methyl/N-ethyl adjacent to an activating group) is 1. The Balaban J connectivity index is 1.69. The average Bonchev–Trinajstić information content (AvgIpc) is 2.60. The minimum absolute atomic E-state index is 0.153. The monoisotopic (exact) mass is 386 g/mol. The van der Waals surface area contributed by atoms with E-state index in [-0.39, 0.29) is 11.9 Å². The largest absolute Gasteiger partial charge is 0.333 e. The molecule has 0 saturated carbocycles. The van der Waals surface area contributed by atoms with Crippen molar-refractivity contribution >= 4 is 21.8 Å². The average molecular weight is 387 g/mol. The molecule has 126 valence electrons. The molecule has 24 heavy (non-hydrogen) atoms. The molecule has 0 spiro atoms. The van der Waals surface area contributed by atoms with Gasteiger partial charge in [0.2, 0.25) is 5.91 Å². The zero-order valence-corrected chi connectivity index (χ0v) is 15.6. The van der Waals surface area contributed by atoms with Gasteiger partial charge in [-0.3, -0.25) is 4.79 Å². The summed E-state index contributed by atoms with van der Waals surface area (Å²) in [5.41, 5.74) is 2.42. The first-order valence-corrected chi connectivity index (χ1v) is 9.20. The van der Waals surface area contributed by atoms with Gasteiger partial charge in [-0.25, -0.2) is 0 Å². The molecule has 1 unspecified atom stereocenters. The van der Waals surface area contributed by atoms with Crippen molar-refractivity contribution in [3.63, 3.8) is 0 Å². The van der Waals surface area contributed by atoms with Gasteiger partial charge in [0.25, 0.3) is 0 Å². The molecule has 0 N–H and O–H groups in total. The fraction of sp³-hybridized carbons (Fsp3) is 0.350. The molecule has 1 fully saturated rings. The molecule has 3 rings (SSSR count). The molecule has 4 heteroatoms. The van der Waals surface area contributed by atoms with Crippen LogP contribution < -0.4 is 0 Å². The minimum Gasteiger partial charge on any atom is -0.333 e. The van der Waals surface area contributed by atoms with E-state index in [1.54, 1.807) is 0 Å². The van der Waals surface area contributed by atoms with E-state index in [1.807, 2.05) is 30.3 Å². The highest BCUT2D eigenvalue weighted by Crippen LogP contribution is 2.26. The highest BCUT2D eigenvalue weighted by Gasteiger charge is 2.29. The van der Waals surface area contributed by atoms with Crippen molar-refractivity contribution in [2.75, 3.05) is 26.7 Å². The Bertz CT molecular complexity index is 689. The highest BCUT2D eigenvalue weighted by atomic mass is 79.9. The van der Waals surface area contributed by atoms with Gasteiger partial charge in [-0.2, -0.15) is 0 Å². The Morgan fingerprint density at radius 1 is 1.12 bits per heavy atom. The number of rotatable bonds is 4. The van der Waals surface area contributed by atoms with Crippen LogP contribution in [0.4, 0.5) is 0 Å². The fourth-order valence-corrected chi connectivity index (χ4v) is 3.71. The van der Waals surface area contributed by atoms with Gasteiger partial charge in [0, 0.05) is 30.5 Å². The van der Waals surface area contributed by atoms with Crippen LogP contribution in [0, 0.1) is 0 Å². The molecule has 2 aromatic rings. The molecule has 1 atom stereocenters. The van der Waals surface area contributed by atoms with Crippen molar-refractivity contribution in [1.29, 1.82) is 0 Å². The third-order valence-electron chi connectivity index (χ3n) is 4.60. The van der Waals surface area contributed by atoms with Gasteiger partial charge in [0.1, 0.15) is 0 Å². The summed E-state index contributed by atoms with van der Waals surface area (Å²) in [6.07, 6.45) is 1.34. The highest BCUT2D eigenvalue weighted by molar-refractivity contribution is 9.10. The summed E-state index contributed by atoms with van der Waals surface area (Å²) in [5, 5.41) is 0. The van der Waals surface area contributed by atoms with Crippen LogP contribution in [0.25, 0.3) is 0 Å². The van der Waals surface area contributed by atoms with Crippen LogP contribution in [-0.2, 0) is 11.2 Å². The smallest absolute Gasteiger partial charge is 0.223 e. The van der Waals surface area contributed by atoms with Gasteiger partial charge in [-0.05, 0) is 36.7 Å². The van der Waals surface area contributed by atoms with E-state index < -0.39 is 0 Å². The topological polar surface area (TPSA) is 23.6 Å². The summed E-state index contributed by atoms with van der Waals surface area (Å²) in [4.78, 5) is 17.2. The zero-order valence-electron chi connectivity index (χ0n) is 14.0. The molecular weight excluding hydrogens is 364 g/mol. The van der Waals surface area contributed by atoms with E-state index in [0.717, 1.165) is 30.5 Å². The number of benzene rings is 2. The summed E-state index contributed by atoms with van der Waals surface area (Å²) >= 11 is 3.49. The summed E-state index contributed by atoms with van der Waals surface area (Å²) in [6, 6.07) is 18.7. The van der Waals surface area contributed by atoms with Crippen LogP contribution in [0.15, 0.2) is 59.1 Å². The standard InChI is InChI=1S/C20H23BrN2O/c1-22-12-13-23(19(15-22)17-7-3-2-4-8-17)20(24)11-10-16-6-5-9-18(21)14-16/h2-9,14,19H,10-13,15H2,1H3. The van der Waals surface area contributed by atoms with Crippen LogP contribution in [-0.4, -0.2) is 42.4 Å². The molecule has 1 saturated heterocycles. The van der Waals surface area contributed by atoms with Crippen molar-refractivity contribution in [2.24, 2.45) is 0 Å². The second kappa shape index (κ2) is 7.95. The van der Waals surface area contributed by atoms with E-state index in [1.165, 1.54) is 11.1 Å². The Hall–Kier alpha value is -1.65. The molecule has 0 radical (unpaired) electrons. The van der Waals surface area contributed by atoms with Crippen LogP contribution in [0.3, 0.4) is 0 Å². The Kier molecular flexibility index (Phi) is 5.69. The van der Waals surface area contributed by atoms with Crippen LogP contribution in [0.5, 0.6) is 0 Å². The molecule has 1 aliphatic heterocycles. The maximum absolute atomic E-state index is 12.8. The van der Waals surface area contributed by atoms with Gasteiger partial charge in [-0.15, -0.1) is 0 Å². The van der Waals surface area contributed by atoms with E-state index >= 15 is 0 Å². The SMILES string of the molecule is CN1CCN(C(=O)CCc2cccc(Br)c2)C(c2ccccc2)C1. The molecule has 3 nitrogen and oxygen atoms in total. The van der Waals surface area contributed by atoms with Crippen LogP contribution in [0.2, 0.25) is 0 Å². The number of aryl methyl sites for hydroxylation is 1. The van der Waals surface area contributed by atoms with E-state index in [4.69, 9.17) is 0 Å². The van der Waals surface area contributed by atoms with Crippen molar-refractivity contribution in [1.82, 2.24) is 9.80 Å². The van der Waals surface area contributed by atoms with E-state index in [0.29, 0.717) is 6.42 Å². The summed E-state index contributed by atoms with van der Waals surface area (Å²) in [6.45, 7) is 2.63. The number of nitrogens with zero attached hydrogens (tertiary/aromatic N) is 2. The predicted molar refractivity (Wildman–Crippen MR) is 101 cm³/mol. The van der Waals surface area contributed by atoms with Gasteiger partial charge in [-0.1, -0.05) is 58.4 Å². The van der Waals surface area contributed by atoms with Crippen LogP contribution in [0.1, 0.15) is 23.6 Å².